The third-order valence-corrected chi connectivity index (χ3v) is 4.39. The zero-order valence-electron chi connectivity index (χ0n) is 15.4. The molecule has 0 spiro atoms. The summed E-state index contributed by atoms with van der Waals surface area (Å²) in [7, 11) is 0. The Balaban J connectivity index is 1.66. The van der Waals surface area contributed by atoms with Crippen molar-refractivity contribution in [2.75, 3.05) is 0 Å². The molecule has 6 heteroatoms. The Morgan fingerprint density at radius 1 is 0.862 bits per heavy atom. The van der Waals surface area contributed by atoms with Gasteiger partial charge in [-0.2, -0.15) is 13.2 Å². The summed E-state index contributed by atoms with van der Waals surface area (Å²) in [5.74, 6) is 0.0436. The molecule has 0 radical (unpaired) electrons. The largest absolute Gasteiger partial charge is 0.481 e. The zero-order valence-corrected chi connectivity index (χ0v) is 15.4. The maximum Gasteiger partial charge on any atom is 0.416 e. The molecule has 0 atom stereocenters. The first-order valence-electron chi connectivity index (χ1n) is 9.07. The number of benzene rings is 3. The number of ether oxygens (including phenoxy) is 1. The summed E-state index contributed by atoms with van der Waals surface area (Å²) in [4.78, 5) is 10.6. The standard InChI is InChI=1S/C23H19F3O3/c24-23(25,26)19-9-13-21(14-10-19)29-20-11-7-17(8-12-20)18-5-1-3-16(15-18)4-2-6-22(27)28/h1,3,5,7-15H,2,4,6H2,(H,27,28). The Hall–Kier alpha value is -3.28. The highest BCUT2D eigenvalue weighted by Crippen LogP contribution is 2.32. The summed E-state index contributed by atoms with van der Waals surface area (Å²) in [6.45, 7) is 0. The van der Waals surface area contributed by atoms with Crippen molar-refractivity contribution in [1.82, 2.24) is 0 Å². The summed E-state index contributed by atoms with van der Waals surface area (Å²) in [6, 6.07) is 19.7. The number of rotatable bonds is 7. The summed E-state index contributed by atoms with van der Waals surface area (Å²) in [6.07, 6.45) is -2.96. The molecule has 3 aromatic rings. The van der Waals surface area contributed by atoms with Gasteiger partial charge in [0.15, 0.2) is 0 Å². The van der Waals surface area contributed by atoms with E-state index >= 15 is 0 Å². The number of alkyl halides is 3. The highest BCUT2D eigenvalue weighted by atomic mass is 19.4. The van der Waals surface area contributed by atoms with Gasteiger partial charge in [-0.05, 0) is 65.9 Å². The smallest absolute Gasteiger partial charge is 0.416 e. The summed E-state index contributed by atoms with van der Waals surface area (Å²) in [5, 5.41) is 8.74. The van der Waals surface area contributed by atoms with Gasteiger partial charge in [-0.1, -0.05) is 36.4 Å². The molecular formula is C23H19F3O3. The van der Waals surface area contributed by atoms with Crippen molar-refractivity contribution in [2.45, 2.75) is 25.4 Å². The number of carboxylic acid groups (broad SMARTS) is 1. The van der Waals surface area contributed by atoms with Gasteiger partial charge in [0.05, 0.1) is 5.56 Å². The summed E-state index contributed by atoms with van der Waals surface area (Å²) in [5.41, 5.74) is 2.31. The molecule has 0 saturated carbocycles. The fraction of sp³-hybridized carbons (Fsp3) is 0.174. The maximum absolute atomic E-state index is 12.6. The van der Waals surface area contributed by atoms with Crippen LogP contribution < -0.4 is 4.74 Å². The normalized spacial score (nSPS) is 11.3. The number of carboxylic acids is 1. The molecule has 0 bridgehead atoms. The molecule has 0 amide bonds. The molecule has 0 aliphatic carbocycles. The van der Waals surface area contributed by atoms with Crippen molar-refractivity contribution >= 4 is 5.97 Å². The Morgan fingerprint density at radius 3 is 2.07 bits per heavy atom. The number of aryl methyl sites for hydroxylation is 1. The first kappa shape index (κ1) is 20.5. The average molecular weight is 400 g/mol. The Morgan fingerprint density at radius 2 is 1.48 bits per heavy atom. The maximum atomic E-state index is 12.6. The monoisotopic (exact) mass is 400 g/mol. The molecule has 29 heavy (non-hydrogen) atoms. The van der Waals surface area contributed by atoms with E-state index < -0.39 is 17.7 Å². The van der Waals surface area contributed by atoms with Crippen molar-refractivity contribution in [3.05, 3.63) is 83.9 Å². The number of carbonyl (C=O) groups is 1. The predicted octanol–water partition coefficient (Wildman–Crippen LogP) is 6.57. The van der Waals surface area contributed by atoms with E-state index in [1.165, 1.54) is 12.1 Å². The van der Waals surface area contributed by atoms with Gasteiger partial charge < -0.3 is 9.84 Å². The third kappa shape index (κ3) is 5.85. The average Bonchev–Trinajstić information content (AvgIpc) is 2.68. The fourth-order valence-electron chi connectivity index (χ4n) is 2.91. The predicted molar refractivity (Wildman–Crippen MR) is 104 cm³/mol. The molecule has 0 fully saturated rings. The second-order valence-electron chi connectivity index (χ2n) is 6.60. The quantitative estimate of drug-likeness (QED) is 0.488. The van der Waals surface area contributed by atoms with Crippen LogP contribution in [0, 0.1) is 0 Å². The van der Waals surface area contributed by atoms with Crippen molar-refractivity contribution in [3.8, 4) is 22.6 Å². The minimum atomic E-state index is -4.37. The van der Waals surface area contributed by atoms with Crippen LogP contribution in [-0.2, 0) is 17.4 Å². The van der Waals surface area contributed by atoms with Crippen LogP contribution in [0.3, 0.4) is 0 Å². The fourth-order valence-corrected chi connectivity index (χ4v) is 2.91. The van der Waals surface area contributed by atoms with E-state index in [-0.39, 0.29) is 6.42 Å². The lowest BCUT2D eigenvalue weighted by Gasteiger charge is -2.10. The van der Waals surface area contributed by atoms with Crippen molar-refractivity contribution in [3.63, 3.8) is 0 Å². The number of aliphatic carboxylic acids is 1. The molecule has 0 saturated heterocycles. The minimum Gasteiger partial charge on any atom is -0.481 e. The van der Waals surface area contributed by atoms with Gasteiger partial charge in [0.1, 0.15) is 11.5 Å². The lowest BCUT2D eigenvalue weighted by atomic mass is 10.0. The Kier molecular flexibility index (Phi) is 6.22. The molecular weight excluding hydrogens is 381 g/mol. The van der Waals surface area contributed by atoms with Crippen LogP contribution >= 0.6 is 0 Å². The van der Waals surface area contributed by atoms with Gasteiger partial charge in [-0.3, -0.25) is 4.79 Å². The van der Waals surface area contributed by atoms with E-state index in [2.05, 4.69) is 0 Å². The van der Waals surface area contributed by atoms with Gasteiger partial charge in [-0.15, -0.1) is 0 Å². The molecule has 3 aromatic carbocycles. The molecule has 3 nitrogen and oxygen atoms in total. The molecule has 0 unspecified atom stereocenters. The van der Waals surface area contributed by atoms with Crippen LogP contribution in [0.5, 0.6) is 11.5 Å². The van der Waals surface area contributed by atoms with Gasteiger partial charge in [0, 0.05) is 6.42 Å². The summed E-state index contributed by atoms with van der Waals surface area (Å²) < 4.78 is 43.5. The molecule has 0 aliphatic heterocycles. The number of hydrogen-bond acceptors (Lipinski definition) is 2. The van der Waals surface area contributed by atoms with Gasteiger partial charge >= 0.3 is 12.1 Å². The molecule has 150 valence electrons. The van der Waals surface area contributed by atoms with Gasteiger partial charge in [-0.25, -0.2) is 0 Å². The van der Waals surface area contributed by atoms with E-state index in [1.807, 2.05) is 36.4 Å². The SMILES string of the molecule is O=C(O)CCCc1cccc(-c2ccc(Oc3ccc(C(F)(F)F)cc3)cc2)c1. The second-order valence-corrected chi connectivity index (χ2v) is 6.60. The van der Waals surface area contributed by atoms with Crippen LogP contribution in [0.15, 0.2) is 72.8 Å². The molecule has 0 aromatic heterocycles. The van der Waals surface area contributed by atoms with Crippen LogP contribution in [0.4, 0.5) is 13.2 Å². The zero-order chi connectivity index (χ0) is 20.9. The Bertz CT molecular complexity index is 962. The Labute approximate surface area is 166 Å². The molecule has 0 heterocycles. The first-order chi connectivity index (χ1) is 13.8. The van der Waals surface area contributed by atoms with Crippen molar-refractivity contribution < 1.29 is 27.8 Å². The number of hydrogen-bond donors (Lipinski definition) is 1. The van der Waals surface area contributed by atoms with E-state index in [0.29, 0.717) is 24.3 Å². The van der Waals surface area contributed by atoms with E-state index in [4.69, 9.17) is 9.84 Å². The lowest BCUT2D eigenvalue weighted by Crippen LogP contribution is -2.03. The van der Waals surface area contributed by atoms with E-state index in [9.17, 15) is 18.0 Å². The first-order valence-corrected chi connectivity index (χ1v) is 9.07. The second kappa shape index (κ2) is 8.82. The summed E-state index contributed by atoms with van der Waals surface area (Å²) >= 11 is 0. The number of halogens is 3. The van der Waals surface area contributed by atoms with E-state index in [1.54, 1.807) is 12.1 Å². The van der Waals surface area contributed by atoms with Crippen LogP contribution in [0.1, 0.15) is 24.0 Å². The molecule has 1 N–H and O–H groups in total. The topological polar surface area (TPSA) is 46.5 Å². The lowest BCUT2D eigenvalue weighted by molar-refractivity contribution is -0.138. The van der Waals surface area contributed by atoms with Gasteiger partial charge in [0.2, 0.25) is 0 Å². The third-order valence-electron chi connectivity index (χ3n) is 4.39. The van der Waals surface area contributed by atoms with Gasteiger partial charge in [0.25, 0.3) is 0 Å². The molecule has 0 aliphatic rings. The molecule has 3 rings (SSSR count). The van der Waals surface area contributed by atoms with Crippen molar-refractivity contribution in [1.29, 1.82) is 0 Å². The van der Waals surface area contributed by atoms with Crippen LogP contribution in [0.25, 0.3) is 11.1 Å². The highest BCUT2D eigenvalue weighted by Gasteiger charge is 2.30. The van der Waals surface area contributed by atoms with Crippen LogP contribution in [-0.4, -0.2) is 11.1 Å². The van der Waals surface area contributed by atoms with E-state index in [0.717, 1.165) is 28.8 Å². The van der Waals surface area contributed by atoms with Crippen LogP contribution in [0.2, 0.25) is 0 Å². The van der Waals surface area contributed by atoms with Crippen molar-refractivity contribution in [2.24, 2.45) is 0 Å². The minimum absolute atomic E-state index is 0.139. The highest BCUT2D eigenvalue weighted by molar-refractivity contribution is 5.67.